The fourth-order valence-corrected chi connectivity index (χ4v) is 1.26. The number of hydrogen-bond donors (Lipinski definition) is 1. The van der Waals surface area contributed by atoms with E-state index in [9.17, 15) is 13.2 Å². The van der Waals surface area contributed by atoms with Gasteiger partial charge in [0.25, 0.3) is 0 Å². The highest BCUT2D eigenvalue weighted by Crippen LogP contribution is 2.29. The van der Waals surface area contributed by atoms with Crippen LogP contribution in [0.5, 0.6) is 0 Å². The second-order valence-corrected chi connectivity index (χ2v) is 3.11. The van der Waals surface area contributed by atoms with Crippen molar-refractivity contribution < 1.29 is 18.3 Å². The molecular formula is C6H6BrF3N2O. The molecule has 0 aliphatic carbocycles. The van der Waals surface area contributed by atoms with Crippen molar-refractivity contribution in [3.63, 3.8) is 0 Å². The van der Waals surface area contributed by atoms with Gasteiger partial charge in [-0.25, -0.2) is 0 Å². The lowest BCUT2D eigenvalue weighted by Gasteiger charge is -2.00. The van der Waals surface area contributed by atoms with Crippen molar-refractivity contribution in [1.29, 1.82) is 0 Å². The van der Waals surface area contributed by atoms with E-state index in [1.807, 2.05) is 0 Å². The number of rotatable bonds is 2. The number of halogens is 4. The summed E-state index contributed by atoms with van der Waals surface area (Å²) in [4.78, 5) is 0. The summed E-state index contributed by atoms with van der Waals surface area (Å²) in [5.74, 6) is 0. The minimum absolute atomic E-state index is 0.0384. The Balaban J connectivity index is 2.95. The van der Waals surface area contributed by atoms with Crippen molar-refractivity contribution in [2.75, 3.05) is 6.61 Å². The van der Waals surface area contributed by atoms with Crippen molar-refractivity contribution >= 4 is 15.9 Å². The van der Waals surface area contributed by atoms with Crippen molar-refractivity contribution in [3.05, 3.63) is 16.4 Å². The summed E-state index contributed by atoms with van der Waals surface area (Å²) in [5, 5.41) is 11.7. The second-order valence-electron chi connectivity index (χ2n) is 2.30. The topological polar surface area (TPSA) is 38.0 Å². The van der Waals surface area contributed by atoms with E-state index in [1.54, 1.807) is 0 Å². The molecular weight excluding hydrogens is 253 g/mol. The molecule has 0 aromatic carbocycles. The summed E-state index contributed by atoms with van der Waals surface area (Å²) in [6.45, 7) is -0.214. The number of aliphatic hydroxyl groups excluding tert-OH is 1. The molecule has 3 nitrogen and oxygen atoms in total. The van der Waals surface area contributed by atoms with Gasteiger partial charge in [-0.2, -0.15) is 18.3 Å². The molecule has 0 unspecified atom stereocenters. The molecule has 1 aromatic rings. The zero-order chi connectivity index (χ0) is 10.1. The lowest BCUT2D eigenvalue weighted by Crippen LogP contribution is -2.09. The summed E-state index contributed by atoms with van der Waals surface area (Å²) in [7, 11) is 0. The Morgan fingerprint density at radius 3 is 2.54 bits per heavy atom. The third-order valence-corrected chi connectivity index (χ3v) is 1.97. The van der Waals surface area contributed by atoms with E-state index in [2.05, 4.69) is 21.0 Å². The van der Waals surface area contributed by atoms with Crippen molar-refractivity contribution in [2.45, 2.75) is 12.7 Å². The van der Waals surface area contributed by atoms with Gasteiger partial charge in [-0.05, 0) is 15.9 Å². The van der Waals surface area contributed by atoms with Gasteiger partial charge in [0, 0.05) is 6.07 Å². The summed E-state index contributed by atoms with van der Waals surface area (Å²) in [6.07, 6.45) is -4.44. The first-order valence-electron chi connectivity index (χ1n) is 3.36. The largest absolute Gasteiger partial charge is 0.435 e. The number of aliphatic hydroxyl groups is 1. The van der Waals surface area contributed by atoms with E-state index in [-0.39, 0.29) is 17.8 Å². The summed E-state index contributed by atoms with van der Waals surface area (Å²) >= 11 is 2.90. The molecule has 0 amide bonds. The highest BCUT2D eigenvalue weighted by molar-refractivity contribution is 9.10. The molecule has 0 aliphatic rings. The normalized spacial score (nSPS) is 12.1. The second kappa shape index (κ2) is 3.67. The van der Waals surface area contributed by atoms with Crippen LogP contribution < -0.4 is 0 Å². The van der Waals surface area contributed by atoms with Gasteiger partial charge in [0.2, 0.25) is 0 Å². The zero-order valence-corrected chi connectivity index (χ0v) is 7.93. The maximum Gasteiger partial charge on any atom is 0.435 e. The van der Waals surface area contributed by atoms with Crippen LogP contribution in [-0.2, 0) is 12.7 Å². The first kappa shape index (κ1) is 10.5. The Morgan fingerprint density at radius 1 is 1.54 bits per heavy atom. The van der Waals surface area contributed by atoms with Crippen LogP contribution >= 0.6 is 15.9 Å². The standard InChI is InChI=1S/C6H6BrF3N2O/c7-5-3-4(6(8,9)10)11-12(5)1-2-13/h3,13H,1-2H2. The minimum atomic E-state index is -4.44. The minimum Gasteiger partial charge on any atom is -0.394 e. The smallest absolute Gasteiger partial charge is 0.394 e. The van der Waals surface area contributed by atoms with Gasteiger partial charge in [-0.1, -0.05) is 0 Å². The van der Waals surface area contributed by atoms with Gasteiger partial charge in [0.1, 0.15) is 4.60 Å². The molecule has 0 fully saturated rings. The van der Waals surface area contributed by atoms with Gasteiger partial charge in [0.05, 0.1) is 13.2 Å². The zero-order valence-electron chi connectivity index (χ0n) is 6.35. The number of hydrogen-bond acceptors (Lipinski definition) is 2. The Morgan fingerprint density at radius 2 is 2.15 bits per heavy atom. The molecule has 7 heteroatoms. The molecule has 0 saturated carbocycles. The maximum atomic E-state index is 12.1. The molecule has 1 rings (SSSR count). The Bertz CT molecular complexity index is 297. The highest BCUT2D eigenvalue weighted by atomic mass is 79.9. The van der Waals surface area contributed by atoms with Crippen LogP contribution in [0.15, 0.2) is 10.7 Å². The van der Waals surface area contributed by atoms with Crippen LogP contribution in [0.3, 0.4) is 0 Å². The third kappa shape index (κ3) is 2.44. The molecule has 0 aliphatic heterocycles. The van der Waals surface area contributed by atoms with Gasteiger partial charge in [0.15, 0.2) is 5.69 Å². The van der Waals surface area contributed by atoms with Crippen LogP contribution in [0.4, 0.5) is 13.2 Å². The number of nitrogens with zero attached hydrogens (tertiary/aromatic N) is 2. The molecule has 1 heterocycles. The predicted molar refractivity (Wildman–Crippen MR) is 42.0 cm³/mol. The Labute approximate surface area is 80.3 Å². The highest BCUT2D eigenvalue weighted by Gasteiger charge is 2.34. The summed E-state index contributed by atoms with van der Waals surface area (Å²) in [5.41, 5.74) is -0.965. The van der Waals surface area contributed by atoms with Crippen LogP contribution in [0.1, 0.15) is 5.69 Å². The van der Waals surface area contributed by atoms with Gasteiger partial charge in [-0.15, -0.1) is 0 Å². The first-order chi connectivity index (χ1) is 5.95. The Kier molecular flexibility index (Phi) is 2.97. The summed E-state index contributed by atoms with van der Waals surface area (Å²) in [6, 6.07) is 0.871. The molecule has 0 radical (unpaired) electrons. The third-order valence-electron chi connectivity index (χ3n) is 1.33. The lowest BCUT2D eigenvalue weighted by molar-refractivity contribution is -0.141. The van der Waals surface area contributed by atoms with Crippen molar-refractivity contribution in [3.8, 4) is 0 Å². The molecule has 0 spiro atoms. The summed E-state index contributed by atoms with van der Waals surface area (Å²) < 4.78 is 37.4. The number of alkyl halides is 3. The lowest BCUT2D eigenvalue weighted by atomic mass is 10.4. The van der Waals surface area contributed by atoms with Gasteiger partial charge < -0.3 is 5.11 Å². The average Bonchev–Trinajstić information content (AvgIpc) is 2.32. The van der Waals surface area contributed by atoms with Crippen molar-refractivity contribution in [1.82, 2.24) is 9.78 Å². The van der Waals surface area contributed by atoms with E-state index in [4.69, 9.17) is 5.11 Å². The monoisotopic (exact) mass is 258 g/mol. The quantitative estimate of drug-likeness (QED) is 0.877. The van der Waals surface area contributed by atoms with Gasteiger partial charge >= 0.3 is 6.18 Å². The molecule has 0 saturated heterocycles. The first-order valence-corrected chi connectivity index (χ1v) is 4.16. The fraction of sp³-hybridized carbons (Fsp3) is 0.500. The number of aromatic nitrogens is 2. The average molecular weight is 259 g/mol. The van der Waals surface area contributed by atoms with E-state index in [0.29, 0.717) is 0 Å². The van der Waals surface area contributed by atoms with Crippen LogP contribution in [0.25, 0.3) is 0 Å². The van der Waals surface area contributed by atoms with E-state index >= 15 is 0 Å². The molecule has 13 heavy (non-hydrogen) atoms. The fourth-order valence-electron chi connectivity index (χ4n) is 0.784. The molecule has 0 bridgehead atoms. The van der Waals surface area contributed by atoms with Crippen molar-refractivity contribution in [2.24, 2.45) is 0 Å². The van der Waals surface area contributed by atoms with Crippen LogP contribution in [-0.4, -0.2) is 21.5 Å². The SMILES string of the molecule is OCCn1nc(C(F)(F)F)cc1Br. The van der Waals surface area contributed by atoms with Crippen LogP contribution in [0, 0.1) is 0 Å². The molecule has 0 atom stereocenters. The molecule has 1 aromatic heterocycles. The van der Waals surface area contributed by atoms with Gasteiger partial charge in [-0.3, -0.25) is 4.68 Å². The Hall–Kier alpha value is -0.560. The molecule has 1 N–H and O–H groups in total. The van der Waals surface area contributed by atoms with E-state index in [0.717, 1.165) is 10.7 Å². The maximum absolute atomic E-state index is 12.1. The van der Waals surface area contributed by atoms with E-state index < -0.39 is 11.9 Å². The predicted octanol–water partition coefficient (Wildman–Crippen LogP) is 1.66. The van der Waals surface area contributed by atoms with E-state index in [1.165, 1.54) is 0 Å². The van der Waals surface area contributed by atoms with Crippen LogP contribution in [0.2, 0.25) is 0 Å². The molecule has 74 valence electrons.